The van der Waals surface area contributed by atoms with Crippen LogP contribution >= 0.6 is 23.4 Å². The lowest BCUT2D eigenvalue weighted by Crippen LogP contribution is -2.05. The van der Waals surface area contributed by atoms with Crippen molar-refractivity contribution in [2.45, 2.75) is 6.92 Å². The molecule has 0 atom stereocenters. The second kappa shape index (κ2) is 8.19. The van der Waals surface area contributed by atoms with E-state index < -0.39 is 0 Å². The summed E-state index contributed by atoms with van der Waals surface area (Å²) in [6.07, 6.45) is 1.64. The largest absolute Gasteiger partial charge is 0.462 e. The van der Waals surface area contributed by atoms with Crippen molar-refractivity contribution in [1.29, 1.82) is 0 Å². The maximum absolute atomic E-state index is 12.0. The highest BCUT2D eigenvalue weighted by Crippen LogP contribution is 2.32. The van der Waals surface area contributed by atoms with Crippen LogP contribution in [0.4, 0.5) is 0 Å². The predicted molar refractivity (Wildman–Crippen MR) is 122 cm³/mol. The Morgan fingerprint density at radius 2 is 1.90 bits per heavy atom. The number of allylic oxidation sites excluding steroid dienone is 1. The van der Waals surface area contributed by atoms with Crippen molar-refractivity contribution < 1.29 is 9.53 Å². The van der Waals surface area contributed by atoms with Gasteiger partial charge < -0.3 is 10.1 Å². The molecule has 4 rings (SSSR count). The van der Waals surface area contributed by atoms with Gasteiger partial charge in [-0.3, -0.25) is 4.79 Å². The molecule has 0 saturated heterocycles. The summed E-state index contributed by atoms with van der Waals surface area (Å²) in [5, 5.41) is 9.04. The number of carbonyl (C=O) groups excluding carboxylic acids is 1. The van der Waals surface area contributed by atoms with E-state index in [1.54, 1.807) is 43.1 Å². The van der Waals surface area contributed by atoms with Gasteiger partial charge in [-0.15, -0.1) is 0 Å². The standard InChI is InChI=1S/C24H18ClNO2S/c1-15(2)24(27)20-10-9-19(12-21(20)25)28-13-23-26-22(14-29-23)18-8-7-16-5-3-4-6-17(16)11-18/h3-14,26H,1H2,2H3. The average molecular weight is 420 g/mol. The summed E-state index contributed by atoms with van der Waals surface area (Å²) in [6, 6.07) is 19.7. The topological polar surface area (TPSA) is 38.3 Å². The number of nitrogens with one attached hydrogen (secondary N) is 1. The highest BCUT2D eigenvalue weighted by atomic mass is 35.5. The monoisotopic (exact) mass is 419 g/mol. The Hall–Kier alpha value is -2.95. The van der Waals surface area contributed by atoms with E-state index in [9.17, 15) is 4.79 Å². The Balaban J connectivity index is 1.45. The minimum Gasteiger partial charge on any atom is -0.462 e. The summed E-state index contributed by atoms with van der Waals surface area (Å²) >= 11 is 7.77. The van der Waals surface area contributed by atoms with Gasteiger partial charge in [0.15, 0.2) is 5.78 Å². The van der Waals surface area contributed by atoms with E-state index in [4.69, 9.17) is 16.3 Å². The molecular formula is C24H18ClNO2S. The van der Waals surface area contributed by atoms with Crippen LogP contribution in [-0.4, -0.2) is 5.78 Å². The van der Waals surface area contributed by atoms with E-state index in [0.717, 1.165) is 16.3 Å². The normalized spacial score (nSPS) is 14.6. The molecule has 0 fully saturated rings. The van der Waals surface area contributed by atoms with Crippen LogP contribution < -0.4 is 10.1 Å². The van der Waals surface area contributed by atoms with Crippen LogP contribution in [0.2, 0.25) is 5.02 Å². The lowest BCUT2D eigenvalue weighted by Gasteiger charge is -2.08. The van der Waals surface area contributed by atoms with Gasteiger partial charge in [-0.05, 0) is 47.0 Å². The first-order valence-corrected chi connectivity index (χ1v) is 10.3. The van der Waals surface area contributed by atoms with Crippen LogP contribution in [0.5, 0.6) is 5.75 Å². The van der Waals surface area contributed by atoms with Gasteiger partial charge >= 0.3 is 0 Å². The molecule has 3 aromatic carbocycles. The lowest BCUT2D eigenvalue weighted by molar-refractivity contribution is 0.103. The molecule has 0 aliphatic carbocycles. The van der Waals surface area contributed by atoms with Gasteiger partial charge in [-0.25, -0.2) is 0 Å². The number of hydrogen-bond acceptors (Lipinski definition) is 4. The Morgan fingerprint density at radius 1 is 1.10 bits per heavy atom. The van der Waals surface area contributed by atoms with Gasteiger partial charge in [0.2, 0.25) is 0 Å². The van der Waals surface area contributed by atoms with Crippen LogP contribution in [-0.2, 0) is 0 Å². The molecule has 3 aromatic rings. The number of ketones is 1. The Bertz CT molecular complexity index is 1200. The molecule has 144 valence electrons. The van der Waals surface area contributed by atoms with Crippen molar-refractivity contribution in [2.75, 3.05) is 0 Å². The number of fused-ring (bicyclic) bond motifs is 1. The fourth-order valence-electron chi connectivity index (χ4n) is 2.97. The summed E-state index contributed by atoms with van der Waals surface area (Å²) in [4.78, 5) is 12.0. The number of halogens is 1. The van der Waals surface area contributed by atoms with Crippen molar-refractivity contribution in [3.05, 3.63) is 106 Å². The van der Waals surface area contributed by atoms with Crippen LogP contribution in [0.25, 0.3) is 16.5 Å². The predicted octanol–water partition coefficient (Wildman–Crippen LogP) is 6.76. The molecular weight excluding hydrogens is 402 g/mol. The summed E-state index contributed by atoms with van der Waals surface area (Å²) in [5.41, 5.74) is 3.01. The summed E-state index contributed by atoms with van der Waals surface area (Å²) < 4.78 is 5.72. The SMILES string of the molecule is C=C(C)C(=O)c1ccc(OC=C2NC(c3ccc4ccccc4c3)=CS2)cc1Cl. The smallest absolute Gasteiger partial charge is 0.189 e. The minimum atomic E-state index is -0.169. The van der Waals surface area contributed by atoms with Crippen molar-refractivity contribution in [3.8, 4) is 5.75 Å². The van der Waals surface area contributed by atoms with Crippen molar-refractivity contribution >= 4 is 45.6 Å². The number of thioether (sulfide) groups is 1. The third-order valence-corrected chi connectivity index (χ3v) is 5.62. The molecule has 1 aliphatic rings. The molecule has 3 nitrogen and oxygen atoms in total. The Kier molecular flexibility index (Phi) is 5.47. The minimum absolute atomic E-state index is 0.169. The van der Waals surface area contributed by atoms with Gasteiger partial charge in [0.25, 0.3) is 0 Å². The van der Waals surface area contributed by atoms with Gasteiger partial charge in [0.1, 0.15) is 17.0 Å². The van der Waals surface area contributed by atoms with E-state index in [-0.39, 0.29) is 5.78 Å². The third-order valence-electron chi connectivity index (χ3n) is 4.50. The Labute approximate surface area is 178 Å². The van der Waals surface area contributed by atoms with Crippen molar-refractivity contribution in [1.82, 2.24) is 5.32 Å². The fraction of sp³-hybridized carbons (Fsp3) is 0.0417. The van der Waals surface area contributed by atoms with Crippen LogP contribution in [0, 0.1) is 0 Å². The molecule has 1 aliphatic heterocycles. The second-order valence-corrected chi connectivity index (χ2v) is 8.01. The number of ether oxygens (including phenoxy) is 1. The molecule has 5 heteroatoms. The molecule has 29 heavy (non-hydrogen) atoms. The zero-order valence-electron chi connectivity index (χ0n) is 15.7. The molecule has 0 bridgehead atoms. The van der Waals surface area contributed by atoms with E-state index in [1.807, 2.05) is 12.1 Å². The molecule has 0 aromatic heterocycles. The van der Waals surface area contributed by atoms with Gasteiger partial charge in [-0.2, -0.15) is 0 Å². The van der Waals surface area contributed by atoms with Gasteiger partial charge in [-0.1, -0.05) is 66.3 Å². The third kappa shape index (κ3) is 4.24. The molecule has 0 unspecified atom stereocenters. The first-order valence-electron chi connectivity index (χ1n) is 9.01. The molecule has 0 saturated carbocycles. The maximum atomic E-state index is 12.0. The van der Waals surface area contributed by atoms with E-state index >= 15 is 0 Å². The average Bonchev–Trinajstić information content (AvgIpc) is 3.20. The summed E-state index contributed by atoms with van der Waals surface area (Å²) in [5.74, 6) is 0.388. The number of carbonyl (C=O) groups is 1. The van der Waals surface area contributed by atoms with Crippen LogP contribution in [0.15, 0.2) is 89.5 Å². The molecule has 0 spiro atoms. The first kappa shape index (κ1) is 19.4. The maximum Gasteiger partial charge on any atom is 0.189 e. The van der Waals surface area contributed by atoms with E-state index in [0.29, 0.717) is 21.9 Å². The second-order valence-electron chi connectivity index (χ2n) is 6.69. The number of Topliss-reactive ketones (excluding diaryl/α,β-unsaturated/α-hetero) is 1. The van der Waals surface area contributed by atoms with Crippen LogP contribution in [0.1, 0.15) is 22.8 Å². The van der Waals surface area contributed by atoms with Gasteiger partial charge in [0, 0.05) is 17.0 Å². The van der Waals surface area contributed by atoms with Gasteiger partial charge in [0.05, 0.1) is 10.7 Å². The lowest BCUT2D eigenvalue weighted by atomic mass is 10.1. The van der Waals surface area contributed by atoms with Crippen LogP contribution in [0.3, 0.4) is 0 Å². The quantitative estimate of drug-likeness (QED) is 0.281. The Morgan fingerprint density at radius 3 is 2.66 bits per heavy atom. The number of rotatable bonds is 5. The van der Waals surface area contributed by atoms with Crippen molar-refractivity contribution in [3.63, 3.8) is 0 Å². The number of hydrogen-bond donors (Lipinski definition) is 1. The zero-order valence-corrected chi connectivity index (χ0v) is 17.3. The summed E-state index contributed by atoms with van der Waals surface area (Å²) in [7, 11) is 0. The molecule has 0 radical (unpaired) electrons. The molecule has 1 N–H and O–H groups in total. The highest BCUT2D eigenvalue weighted by Gasteiger charge is 2.14. The van der Waals surface area contributed by atoms with E-state index in [1.165, 1.54) is 10.8 Å². The first-order chi connectivity index (χ1) is 14.0. The van der Waals surface area contributed by atoms with E-state index in [2.05, 4.69) is 47.6 Å². The fourth-order valence-corrected chi connectivity index (χ4v) is 3.94. The van der Waals surface area contributed by atoms with Crippen molar-refractivity contribution in [2.24, 2.45) is 0 Å². The molecule has 1 heterocycles. The summed E-state index contributed by atoms with van der Waals surface area (Å²) in [6.45, 7) is 5.33. The number of benzene rings is 3. The zero-order chi connectivity index (χ0) is 20.4. The highest BCUT2D eigenvalue weighted by molar-refractivity contribution is 8.06. The molecule has 0 amide bonds.